The maximum absolute atomic E-state index is 10.1. The molecule has 0 aliphatic carbocycles. The minimum Gasteiger partial charge on any atom is -0.498 e. The van der Waals surface area contributed by atoms with Gasteiger partial charge in [-0.05, 0) is 38.1 Å². The highest BCUT2D eigenvalue weighted by atomic mass is 32.1. The lowest BCUT2D eigenvalue weighted by Gasteiger charge is -2.10. The second kappa shape index (κ2) is 6.65. The topological polar surface area (TPSA) is 68.1 Å². The molecule has 0 saturated heterocycles. The van der Waals surface area contributed by atoms with Gasteiger partial charge in [0.15, 0.2) is 5.06 Å². The summed E-state index contributed by atoms with van der Waals surface area (Å²) in [5.41, 5.74) is 4.93. The van der Waals surface area contributed by atoms with E-state index in [9.17, 15) is 10.4 Å². The van der Waals surface area contributed by atoms with Crippen LogP contribution in [0.3, 0.4) is 0 Å². The Morgan fingerprint density at radius 1 is 0.875 bits per heavy atom. The summed E-state index contributed by atoms with van der Waals surface area (Å²) < 4.78 is 0. The zero-order chi connectivity index (χ0) is 17.1. The summed E-state index contributed by atoms with van der Waals surface area (Å²) >= 11 is 1.15. The largest absolute Gasteiger partial charge is 0.498 e. The van der Waals surface area contributed by atoms with E-state index in [1.165, 1.54) is 5.56 Å². The van der Waals surface area contributed by atoms with Crippen molar-refractivity contribution < 1.29 is 5.11 Å². The number of aromatic hydroxyl groups is 1. The molecule has 0 radical (unpaired) electrons. The van der Waals surface area contributed by atoms with Crippen LogP contribution in [0.15, 0.2) is 48.5 Å². The summed E-state index contributed by atoms with van der Waals surface area (Å²) in [4.78, 5) is 0. The first-order valence-electron chi connectivity index (χ1n) is 7.50. The van der Waals surface area contributed by atoms with Gasteiger partial charge >= 0.3 is 0 Å². The molecule has 4 nitrogen and oxygen atoms in total. The molecule has 0 aliphatic heterocycles. The van der Waals surface area contributed by atoms with Gasteiger partial charge in [-0.15, -0.1) is 0 Å². The van der Waals surface area contributed by atoms with E-state index in [1.807, 2.05) is 62.4 Å². The van der Waals surface area contributed by atoms with E-state index in [-0.39, 0.29) is 10.6 Å². The van der Waals surface area contributed by atoms with Gasteiger partial charge in [0.1, 0.15) is 16.6 Å². The Morgan fingerprint density at radius 3 is 1.88 bits per heavy atom. The van der Waals surface area contributed by atoms with Crippen molar-refractivity contribution in [2.45, 2.75) is 13.8 Å². The fourth-order valence-corrected chi connectivity index (χ4v) is 3.15. The van der Waals surface area contributed by atoms with E-state index in [1.54, 1.807) is 0 Å². The molecule has 0 amide bonds. The molecule has 2 aromatic carbocycles. The minimum absolute atomic E-state index is 0.00160. The molecule has 24 heavy (non-hydrogen) atoms. The van der Waals surface area contributed by atoms with Crippen molar-refractivity contribution >= 4 is 33.4 Å². The zero-order valence-electron chi connectivity index (χ0n) is 13.4. The first-order chi connectivity index (χ1) is 11.6. The molecule has 3 aromatic rings. The Balaban J connectivity index is 1.95. The van der Waals surface area contributed by atoms with Crippen LogP contribution in [0.1, 0.15) is 16.7 Å². The predicted molar refractivity (Wildman–Crippen MR) is 99.6 cm³/mol. The smallest absolute Gasteiger partial charge is 0.193 e. The molecule has 0 spiro atoms. The molecular weight excluding hydrogens is 318 g/mol. The molecule has 3 N–H and O–H groups in total. The number of hydrogen-bond donors (Lipinski definition) is 3. The van der Waals surface area contributed by atoms with Gasteiger partial charge in [0.2, 0.25) is 0 Å². The minimum atomic E-state index is 0.00160. The molecular formula is C19H17N3OS. The van der Waals surface area contributed by atoms with E-state index in [0.29, 0.717) is 10.7 Å². The number of hydrogen-bond acceptors (Lipinski definition) is 5. The first-order valence-corrected chi connectivity index (χ1v) is 8.31. The lowest BCUT2D eigenvalue weighted by molar-refractivity contribution is 0.489. The highest BCUT2D eigenvalue weighted by Crippen LogP contribution is 2.44. The van der Waals surface area contributed by atoms with Crippen molar-refractivity contribution in [3.8, 4) is 11.1 Å². The van der Waals surface area contributed by atoms with Crippen LogP contribution in [0.4, 0.5) is 22.1 Å². The van der Waals surface area contributed by atoms with Crippen molar-refractivity contribution in [1.82, 2.24) is 0 Å². The van der Waals surface area contributed by atoms with Crippen LogP contribution in [-0.4, -0.2) is 5.11 Å². The average molecular weight is 335 g/mol. The number of thiophene rings is 1. The highest BCUT2D eigenvalue weighted by Gasteiger charge is 2.18. The summed E-state index contributed by atoms with van der Waals surface area (Å²) in [6.07, 6.45) is 0. The average Bonchev–Trinajstić information content (AvgIpc) is 2.86. The van der Waals surface area contributed by atoms with Gasteiger partial charge in [-0.2, -0.15) is 5.26 Å². The van der Waals surface area contributed by atoms with E-state index in [4.69, 9.17) is 0 Å². The first kappa shape index (κ1) is 15.9. The number of benzene rings is 2. The molecule has 0 aliphatic rings. The van der Waals surface area contributed by atoms with Gasteiger partial charge < -0.3 is 15.7 Å². The van der Waals surface area contributed by atoms with Crippen molar-refractivity contribution in [3.05, 3.63) is 65.2 Å². The van der Waals surface area contributed by atoms with E-state index < -0.39 is 0 Å². The van der Waals surface area contributed by atoms with Crippen LogP contribution in [0, 0.1) is 25.2 Å². The number of anilines is 4. The fourth-order valence-electron chi connectivity index (χ4n) is 2.28. The van der Waals surface area contributed by atoms with Crippen LogP contribution in [0.5, 0.6) is 5.06 Å². The number of rotatable bonds is 4. The lowest BCUT2D eigenvalue weighted by Crippen LogP contribution is -1.96. The van der Waals surface area contributed by atoms with E-state index >= 15 is 0 Å². The molecule has 0 unspecified atom stereocenters. The lowest BCUT2D eigenvalue weighted by atomic mass is 10.2. The third-order valence-corrected chi connectivity index (χ3v) is 4.54. The molecule has 3 rings (SSSR count). The standard InChI is InChI=1S/C19H17N3OS/c1-12-3-7-14(8-4-12)21-17-16(11-20)19(23)24-18(17)22-15-9-5-13(2)6-10-15/h3-10,21-23H,1-2H3. The molecule has 1 heterocycles. The molecule has 5 heteroatoms. The van der Waals surface area contributed by atoms with Crippen LogP contribution < -0.4 is 10.6 Å². The van der Waals surface area contributed by atoms with Gasteiger partial charge in [-0.3, -0.25) is 0 Å². The van der Waals surface area contributed by atoms with Crippen molar-refractivity contribution in [2.75, 3.05) is 10.6 Å². The summed E-state index contributed by atoms with van der Waals surface area (Å²) in [5.74, 6) is 0. The normalized spacial score (nSPS) is 10.2. The van der Waals surface area contributed by atoms with E-state index in [0.717, 1.165) is 28.3 Å². The quantitative estimate of drug-likeness (QED) is 0.595. The molecule has 0 atom stereocenters. The number of nitriles is 1. The Bertz CT molecular complexity index is 890. The van der Waals surface area contributed by atoms with Gasteiger partial charge in [-0.25, -0.2) is 0 Å². The van der Waals surface area contributed by atoms with Gasteiger partial charge in [-0.1, -0.05) is 46.7 Å². The van der Waals surface area contributed by atoms with Gasteiger partial charge in [0.25, 0.3) is 0 Å². The third kappa shape index (κ3) is 3.34. The third-order valence-electron chi connectivity index (χ3n) is 3.63. The van der Waals surface area contributed by atoms with Crippen molar-refractivity contribution in [2.24, 2.45) is 0 Å². The zero-order valence-corrected chi connectivity index (χ0v) is 14.2. The van der Waals surface area contributed by atoms with Crippen molar-refractivity contribution in [3.63, 3.8) is 0 Å². The van der Waals surface area contributed by atoms with Gasteiger partial charge in [0, 0.05) is 11.4 Å². The molecule has 0 bridgehead atoms. The molecule has 1 aromatic heterocycles. The summed E-state index contributed by atoms with van der Waals surface area (Å²) in [5, 5.41) is 26.7. The Kier molecular flexibility index (Phi) is 4.41. The summed E-state index contributed by atoms with van der Waals surface area (Å²) in [7, 11) is 0. The monoisotopic (exact) mass is 335 g/mol. The Hall–Kier alpha value is -2.97. The molecule has 120 valence electrons. The maximum Gasteiger partial charge on any atom is 0.193 e. The van der Waals surface area contributed by atoms with Crippen molar-refractivity contribution in [1.29, 1.82) is 5.26 Å². The fraction of sp³-hybridized carbons (Fsp3) is 0.105. The molecule has 0 saturated carbocycles. The van der Waals surface area contributed by atoms with Gasteiger partial charge in [0.05, 0.1) is 5.69 Å². The maximum atomic E-state index is 10.1. The number of aryl methyl sites for hydroxylation is 2. The van der Waals surface area contributed by atoms with Crippen LogP contribution in [0.25, 0.3) is 0 Å². The van der Waals surface area contributed by atoms with Crippen LogP contribution >= 0.6 is 11.3 Å². The summed E-state index contributed by atoms with van der Waals surface area (Å²) in [6, 6.07) is 17.9. The second-order valence-corrected chi connectivity index (χ2v) is 6.58. The Morgan fingerprint density at radius 2 is 1.38 bits per heavy atom. The van der Waals surface area contributed by atoms with Crippen LogP contribution in [0.2, 0.25) is 0 Å². The highest BCUT2D eigenvalue weighted by molar-refractivity contribution is 7.18. The number of nitrogens with zero attached hydrogens (tertiary/aromatic N) is 1. The predicted octanol–water partition coefficient (Wildman–Crippen LogP) is 5.43. The molecule has 0 fully saturated rings. The summed E-state index contributed by atoms with van der Waals surface area (Å²) in [6.45, 7) is 4.05. The SMILES string of the molecule is Cc1ccc(Nc2sc(O)c(C#N)c2Nc2ccc(C)cc2)cc1. The van der Waals surface area contributed by atoms with E-state index in [2.05, 4.69) is 16.7 Å². The van der Waals surface area contributed by atoms with Crippen LogP contribution in [-0.2, 0) is 0 Å². The Labute approximate surface area is 145 Å². The second-order valence-electron chi connectivity index (χ2n) is 5.58. The number of nitrogens with one attached hydrogen (secondary N) is 2.